The van der Waals surface area contributed by atoms with Crippen LogP contribution in [0.25, 0.3) is 0 Å². The topological polar surface area (TPSA) is 142 Å². The first kappa shape index (κ1) is 29.3. The summed E-state index contributed by atoms with van der Waals surface area (Å²) in [5.41, 5.74) is 0. The van der Waals surface area contributed by atoms with Crippen LogP contribution < -0.4 is 0 Å². The summed E-state index contributed by atoms with van der Waals surface area (Å²) in [6.07, 6.45) is 0. The number of rotatable bonds is 16. The molecule has 0 spiro atoms. The Kier molecular flexibility index (Phi) is 12.7. The number of ether oxygens (including phenoxy) is 4. The van der Waals surface area contributed by atoms with E-state index < -0.39 is 56.0 Å². The van der Waals surface area contributed by atoms with E-state index in [0.717, 1.165) is 0 Å². The van der Waals surface area contributed by atoms with E-state index in [4.69, 9.17) is 36.7 Å². The zero-order valence-corrected chi connectivity index (χ0v) is 20.1. The maximum Gasteiger partial charge on any atom is 0.976 e. The van der Waals surface area contributed by atoms with Gasteiger partial charge < -0.3 is 36.7 Å². The third-order valence-electron chi connectivity index (χ3n) is 3.06. The molecule has 0 aromatic carbocycles. The van der Waals surface area contributed by atoms with Gasteiger partial charge >= 0.3 is 32.9 Å². The maximum atomic E-state index is 12.4. The van der Waals surface area contributed by atoms with Gasteiger partial charge in [0, 0.05) is 0 Å². The van der Waals surface area contributed by atoms with Crippen molar-refractivity contribution in [3.05, 3.63) is 49.4 Å². The molecule has 0 amide bonds. The Bertz CT molecular complexity index is 667. The van der Waals surface area contributed by atoms with Crippen LogP contribution in [-0.4, -0.2) is 59.4 Å². The Hall–Kier alpha value is -3.74. The second-order valence-electron chi connectivity index (χ2n) is 5.48. The molecule has 0 saturated heterocycles. The van der Waals surface area contributed by atoms with E-state index in [1.165, 1.54) is 0 Å². The van der Waals surface area contributed by atoms with E-state index in [9.17, 15) is 19.2 Å². The van der Waals surface area contributed by atoms with E-state index in [0.29, 0.717) is 0 Å². The lowest BCUT2D eigenvalue weighted by Crippen LogP contribution is -2.55. The zero-order valence-electron chi connectivity index (χ0n) is 19.1. The third kappa shape index (κ3) is 9.95. The van der Waals surface area contributed by atoms with E-state index in [1.54, 1.807) is 27.7 Å². The molecule has 0 aliphatic rings. The van der Waals surface area contributed by atoms with Crippen LogP contribution in [0.3, 0.4) is 0 Å². The molecule has 0 aliphatic heterocycles. The molecule has 0 aromatic heterocycles. The maximum absolute atomic E-state index is 12.4. The summed E-state index contributed by atoms with van der Waals surface area (Å²) in [7, 11) is -5.38. The van der Waals surface area contributed by atoms with Gasteiger partial charge in [-0.2, -0.15) is 0 Å². The van der Waals surface area contributed by atoms with Crippen molar-refractivity contribution >= 4 is 32.9 Å². The minimum atomic E-state index is -5.38. The van der Waals surface area contributed by atoms with Crippen molar-refractivity contribution in [3.63, 3.8) is 0 Å². The molecule has 0 N–H and O–H groups in total. The van der Waals surface area contributed by atoms with Crippen LogP contribution in [0.4, 0.5) is 0 Å². The minimum Gasteiger partial charge on any atom is -0.487 e. The van der Waals surface area contributed by atoms with Crippen molar-refractivity contribution in [2.24, 2.45) is 0 Å². The van der Waals surface area contributed by atoms with Crippen LogP contribution in [0.2, 0.25) is 0 Å². The number of carbonyl (C=O) groups excluding carboxylic acids is 4. The summed E-state index contributed by atoms with van der Waals surface area (Å²) in [6, 6.07) is 0. The summed E-state index contributed by atoms with van der Waals surface area (Å²) in [5, 5.41) is 0. The van der Waals surface area contributed by atoms with Crippen molar-refractivity contribution in [1.29, 1.82) is 0 Å². The minimum absolute atomic E-state index is 0.0191. The Morgan fingerprint density at radius 2 is 0.667 bits per heavy atom. The highest BCUT2D eigenvalue weighted by Gasteiger charge is 2.64. The second kappa shape index (κ2) is 14.3. The van der Waals surface area contributed by atoms with Gasteiger partial charge in [0.05, 0.1) is 26.4 Å². The molecule has 0 heterocycles. The number of hydrogen-bond acceptors (Lipinski definition) is 12. The quantitative estimate of drug-likeness (QED) is 0.178. The second-order valence-corrected chi connectivity index (χ2v) is 7.30. The molecule has 0 aromatic rings. The molecule has 13 heteroatoms. The highest BCUT2D eigenvalue weighted by Crippen LogP contribution is 2.21. The van der Waals surface area contributed by atoms with Gasteiger partial charge in [-0.1, -0.05) is 0 Å². The van der Waals surface area contributed by atoms with Gasteiger partial charge in [0.25, 0.3) is 0 Å². The fourth-order valence-electron chi connectivity index (χ4n) is 1.74. The van der Waals surface area contributed by atoms with E-state index in [1.807, 2.05) is 0 Å². The standard InChI is InChI=1S/C20H28O12Si/c1-9-25-13(5)17(21)29-33(30-18(22)14(6)26-10-2,31-19(23)15(7)27-11-3)32-20(24)16(8)28-12-4/h5-12H2,1-4H3. The average molecular weight is 489 g/mol. The van der Waals surface area contributed by atoms with Crippen molar-refractivity contribution in [2.45, 2.75) is 27.7 Å². The molecule has 184 valence electrons. The van der Waals surface area contributed by atoms with Crippen LogP contribution in [0.15, 0.2) is 49.4 Å². The SMILES string of the molecule is C=C(OCC)C(=O)O[Si](OC(=O)C(=C)OCC)(OC(=O)C(=C)OCC)OC(=O)C(=C)OCC. The van der Waals surface area contributed by atoms with Gasteiger partial charge in [-0.15, -0.1) is 0 Å². The van der Waals surface area contributed by atoms with Crippen LogP contribution in [0, 0.1) is 0 Å². The average Bonchev–Trinajstić information content (AvgIpc) is 2.74. The van der Waals surface area contributed by atoms with Gasteiger partial charge in [-0.3, -0.25) is 0 Å². The molecule has 0 aliphatic carbocycles. The fraction of sp³-hybridized carbons (Fsp3) is 0.400. The fourth-order valence-corrected chi connectivity index (χ4v) is 3.35. The van der Waals surface area contributed by atoms with E-state index in [-0.39, 0.29) is 26.4 Å². The van der Waals surface area contributed by atoms with Gasteiger partial charge in [-0.25, -0.2) is 19.2 Å². The molecule has 0 radical (unpaired) electrons. The summed E-state index contributed by atoms with van der Waals surface area (Å²) in [4.78, 5) is 49.7. The monoisotopic (exact) mass is 488 g/mol. The molecule has 12 nitrogen and oxygen atoms in total. The first-order valence-corrected chi connectivity index (χ1v) is 11.3. The lowest BCUT2D eigenvalue weighted by Gasteiger charge is -2.25. The normalized spacial score (nSPS) is 10.1. The molecular formula is C20H28O12Si. The Balaban J connectivity index is 6.32. The lowest BCUT2D eigenvalue weighted by molar-refractivity contribution is -0.162. The van der Waals surface area contributed by atoms with Crippen LogP contribution in [0.1, 0.15) is 27.7 Å². The number of hydrogen-bond donors (Lipinski definition) is 0. The molecule has 0 saturated carbocycles. The number of carbonyl (C=O) groups is 4. The Morgan fingerprint density at radius 3 is 0.818 bits per heavy atom. The van der Waals surface area contributed by atoms with Gasteiger partial charge in [0.1, 0.15) is 0 Å². The molecule has 0 bridgehead atoms. The van der Waals surface area contributed by atoms with Crippen molar-refractivity contribution in [1.82, 2.24) is 0 Å². The van der Waals surface area contributed by atoms with Crippen LogP contribution in [0.5, 0.6) is 0 Å². The highest BCUT2D eigenvalue weighted by atomic mass is 28.4. The Morgan fingerprint density at radius 1 is 0.485 bits per heavy atom. The molecular weight excluding hydrogens is 460 g/mol. The highest BCUT2D eigenvalue weighted by molar-refractivity contribution is 6.62. The largest absolute Gasteiger partial charge is 0.976 e. The van der Waals surface area contributed by atoms with E-state index >= 15 is 0 Å². The Labute approximate surface area is 192 Å². The summed E-state index contributed by atoms with van der Waals surface area (Å²) >= 11 is 0. The van der Waals surface area contributed by atoms with Crippen molar-refractivity contribution in [2.75, 3.05) is 26.4 Å². The van der Waals surface area contributed by atoms with Gasteiger partial charge in [-0.05, 0) is 54.0 Å². The first-order valence-electron chi connectivity index (χ1n) is 9.66. The van der Waals surface area contributed by atoms with Crippen molar-refractivity contribution < 1.29 is 55.8 Å². The van der Waals surface area contributed by atoms with Crippen LogP contribution in [-0.2, 0) is 55.8 Å². The summed E-state index contributed by atoms with van der Waals surface area (Å²) in [5.74, 6) is -7.68. The predicted molar refractivity (Wildman–Crippen MR) is 113 cm³/mol. The van der Waals surface area contributed by atoms with E-state index in [2.05, 4.69) is 26.3 Å². The lowest BCUT2D eigenvalue weighted by atomic mass is 10.6. The predicted octanol–water partition coefficient (Wildman–Crippen LogP) is 1.80. The smallest absolute Gasteiger partial charge is 0.487 e. The zero-order chi connectivity index (χ0) is 25.6. The van der Waals surface area contributed by atoms with Gasteiger partial charge in [0.2, 0.25) is 0 Å². The summed E-state index contributed by atoms with van der Waals surface area (Å²) in [6.45, 7) is 19.6. The molecule has 0 atom stereocenters. The molecule has 0 unspecified atom stereocenters. The molecule has 0 fully saturated rings. The third-order valence-corrected chi connectivity index (χ3v) is 4.80. The van der Waals surface area contributed by atoms with Crippen LogP contribution >= 0.6 is 0 Å². The molecule has 33 heavy (non-hydrogen) atoms. The molecule has 0 rings (SSSR count). The summed E-state index contributed by atoms with van der Waals surface area (Å²) < 4.78 is 39.7. The van der Waals surface area contributed by atoms with Crippen molar-refractivity contribution in [3.8, 4) is 0 Å². The van der Waals surface area contributed by atoms with Gasteiger partial charge in [0.15, 0.2) is 23.0 Å². The first-order chi connectivity index (χ1) is 15.5.